The topological polar surface area (TPSA) is 41.6 Å². The number of hydrogen-bond acceptors (Lipinski definition) is 4. The lowest BCUT2D eigenvalue weighted by atomic mass is 10.4. The van der Waals surface area contributed by atoms with Crippen LogP contribution in [0.25, 0.3) is 0 Å². The quantitative estimate of drug-likeness (QED) is 0.633. The molecule has 4 nitrogen and oxygen atoms in total. The molecular weight excluding hydrogens is 171 g/mol. The highest BCUT2D eigenvalue weighted by Crippen LogP contribution is 1.97. The van der Waals surface area contributed by atoms with Crippen LogP contribution in [-0.2, 0) is 15.4 Å². The van der Waals surface area contributed by atoms with Gasteiger partial charge in [-0.1, -0.05) is 0 Å². The van der Waals surface area contributed by atoms with Gasteiger partial charge in [-0.25, -0.2) is 8.60 Å². The van der Waals surface area contributed by atoms with E-state index in [1.54, 1.807) is 0 Å². The molecule has 0 aliphatic carbocycles. The van der Waals surface area contributed by atoms with Gasteiger partial charge in [0.1, 0.15) is 0 Å². The average molecular weight is 182 g/mol. The molecule has 1 saturated heterocycles. The van der Waals surface area contributed by atoms with Crippen molar-refractivity contribution in [3.63, 3.8) is 0 Å². The summed E-state index contributed by atoms with van der Waals surface area (Å²) < 4.78 is 26.9. The Bertz CT molecular complexity index is 140. The summed E-state index contributed by atoms with van der Waals surface area (Å²) >= 11 is -1.79. The molecule has 0 radical (unpaired) electrons. The van der Waals surface area contributed by atoms with Crippen LogP contribution in [0.4, 0.5) is 4.39 Å². The first kappa shape index (κ1) is 9.05. The minimum absolute atomic E-state index is 0.658. The van der Waals surface area contributed by atoms with Gasteiger partial charge in [0.15, 0.2) is 6.01 Å². The lowest BCUT2D eigenvalue weighted by Crippen LogP contribution is -2.43. The number of halogens is 1. The van der Waals surface area contributed by atoms with Crippen LogP contribution in [-0.4, -0.2) is 41.5 Å². The molecule has 1 aliphatic rings. The van der Waals surface area contributed by atoms with Crippen LogP contribution >= 0.6 is 0 Å². The van der Waals surface area contributed by atoms with Crippen LogP contribution < -0.4 is 5.32 Å². The maximum Gasteiger partial charge on any atom is 0.205 e. The van der Waals surface area contributed by atoms with Crippen LogP contribution in [0.15, 0.2) is 0 Å². The third-order valence-corrected chi connectivity index (χ3v) is 1.91. The molecule has 0 aromatic rings. The van der Waals surface area contributed by atoms with E-state index in [2.05, 4.69) is 5.32 Å². The van der Waals surface area contributed by atoms with Crippen molar-refractivity contribution in [1.29, 1.82) is 0 Å². The van der Waals surface area contributed by atoms with Crippen molar-refractivity contribution in [1.82, 2.24) is 10.4 Å². The zero-order valence-corrected chi connectivity index (χ0v) is 6.90. The van der Waals surface area contributed by atoms with Crippen molar-refractivity contribution in [2.45, 2.75) is 0 Å². The lowest BCUT2D eigenvalue weighted by molar-refractivity contribution is -0.0542. The van der Waals surface area contributed by atoms with Gasteiger partial charge in [-0.2, -0.15) is 9.35 Å². The van der Waals surface area contributed by atoms with Crippen LogP contribution in [0.5, 0.6) is 0 Å². The molecule has 0 bridgehead atoms. The normalized spacial score (nSPS) is 23.4. The fourth-order valence-corrected chi connectivity index (χ4v) is 1.28. The second-order valence-corrected chi connectivity index (χ2v) is 3.14. The molecule has 0 aromatic heterocycles. The molecule has 1 unspecified atom stereocenters. The van der Waals surface area contributed by atoms with Gasteiger partial charge >= 0.3 is 0 Å². The van der Waals surface area contributed by atoms with Crippen molar-refractivity contribution >= 4 is 11.1 Å². The fraction of sp³-hybridized carbons (Fsp3) is 1.00. The van der Waals surface area contributed by atoms with Crippen molar-refractivity contribution in [2.24, 2.45) is 0 Å². The third kappa shape index (κ3) is 3.24. The Kier molecular flexibility index (Phi) is 3.92. The highest BCUT2D eigenvalue weighted by molar-refractivity contribution is 7.79. The standard InChI is InChI=1S/C5H11FN2O2S/c6-5-11(9)10-8-3-1-7-2-4-8/h7H,1-5H2. The lowest BCUT2D eigenvalue weighted by Gasteiger charge is -2.24. The Hall–Kier alpha value is -0.0400. The summed E-state index contributed by atoms with van der Waals surface area (Å²) in [6.07, 6.45) is 0. The first-order valence-electron chi connectivity index (χ1n) is 3.41. The molecule has 0 spiro atoms. The molecule has 6 heteroatoms. The van der Waals surface area contributed by atoms with Crippen molar-refractivity contribution in [3.05, 3.63) is 0 Å². The van der Waals surface area contributed by atoms with E-state index < -0.39 is 17.1 Å². The molecule has 66 valence electrons. The number of alkyl halides is 1. The maximum absolute atomic E-state index is 11.7. The van der Waals surface area contributed by atoms with Crippen LogP contribution in [0.2, 0.25) is 0 Å². The number of hydrogen-bond donors (Lipinski definition) is 1. The van der Waals surface area contributed by atoms with Crippen molar-refractivity contribution < 1.29 is 12.9 Å². The summed E-state index contributed by atoms with van der Waals surface area (Å²) in [5, 5.41) is 4.61. The van der Waals surface area contributed by atoms with E-state index in [9.17, 15) is 8.60 Å². The summed E-state index contributed by atoms with van der Waals surface area (Å²) in [5.74, 6) is 0. The highest BCUT2D eigenvalue weighted by atomic mass is 32.2. The maximum atomic E-state index is 11.7. The van der Waals surface area contributed by atoms with E-state index in [0.717, 1.165) is 13.1 Å². The predicted molar refractivity (Wildman–Crippen MR) is 39.6 cm³/mol. The molecule has 0 amide bonds. The fourth-order valence-electron chi connectivity index (χ4n) is 0.856. The Morgan fingerprint density at radius 1 is 1.55 bits per heavy atom. The van der Waals surface area contributed by atoms with Crippen LogP contribution in [0.1, 0.15) is 0 Å². The largest absolute Gasteiger partial charge is 0.314 e. The molecular formula is C5H11FN2O2S. The SMILES string of the molecule is O=S(CF)ON1CCNCC1. The first-order valence-corrected chi connectivity index (χ1v) is 4.66. The van der Waals surface area contributed by atoms with Gasteiger partial charge in [0.2, 0.25) is 11.1 Å². The monoisotopic (exact) mass is 182 g/mol. The highest BCUT2D eigenvalue weighted by Gasteiger charge is 2.12. The van der Waals surface area contributed by atoms with E-state index >= 15 is 0 Å². The summed E-state index contributed by atoms with van der Waals surface area (Å²) in [6.45, 7) is 2.91. The van der Waals surface area contributed by atoms with Crippen molar-refractivity contribution in [2.75, 3.05) is 32.2 Å². The van der Waals surface area contributed by atoms with E-state index in [1.165, 1.54) is 5.06 Å². The van der Waals surface area contributed by atoms with Crippen LogP contribution in [0, 0.1) is 0 Å². The summed E-state index contributed by atoms with van der Waals surface area (Å²) in [6, 6.07) is -0.941. The molecule has 11 heavy (non-hydrogen) atoms. The number of piperazine rings is 1. The predicted octanol–water partition coefficient (Wildman–Crippen LogP) is -0.586. The van der Waals surface area contributed by atoms with Gasteiger partial charge in [0, 0.05) is 26.2 Å². The Balaban J connectivity index is 2.19. The van der Waals surface area contributed by atoms with Crippen LogP contribution in [0.3, 0.4) is 0 Å². The van der Waals surface area contributed by atoms with E-state index in [-0.39, 0.29) is 0 Å². The van der Waals surface area contributed by atoms with E-state index in [4.69, 9.17) is 4.28 Å². The van der Waals surface area contributed by atoms with Crippen molar-refractivity contribution in [3.8, 4) is 0 Å². The molecule has 1 heterocycles. The smallest absolute Gasteiger partial charge is 0.205 e. The minimum Gasteiger partial charge on any atom is -0.314 e. The number of nitrogens with zero attached hydrogens (tertiary/aromatic N) is 1. The molecule has 0 saturated carbocycles. The van der Waals surface area contributed by atoms with Gasteiger partial charge in [0.25, 0.3) is 0 Å². The Morgan fingerprint density at radius 2 is 2.18 bits per heavy atom. The second-order valence-electron chi connectivity index (χ2n) is 2.17. The second kappa shape index (κ2) is 4.76. The zero-order chi connectivity index (χ0) is 8.10. The number of rotatable bonds is 3. The average Bonchev–Trinajstić information content (AvgIpc) is 2.06. The summed E-state index contributed by atoms with van der Waals surface area (Å²) in [4.78, 5) is 0. The van der Waals surface area contributed by atoms with E-state index in [0.29, 0.717) is 13.1 Å². The third-order valence-electron chi connectivity index (χ3n) is 1.35. The Labute approximate surface area is 67.3 Å². The van der Waals surface area contributed by atoms with Gasteiger partial charge in [-0.15, -0.1) is 0 Å². The number of hydroxylamine groups is 2. The van der Waals surface area contributed by atoms with E-state index in [1.807, 2.05) is 0 Å². The summed E-state index contributed by atoms with van der Waals surface area (Å²) in [5.41, 5.74) is 0. The Morgan fingerprint density at radius 3 is 2.73 bits per heavy atom. The van der Waals surface area contributed by atoms with Gasteiger partial charge < -0.3 is 5.32 Å². The number of nitrogens with one attached hydrogen (secondary N) is 1. The molecule has 1 rings (SSSR count). The zero-order valence-electron chi connectivity index (χ0n) is 6.09. The molecule has 0 aromatic carbocycles. The molecule has 1 atom stereocenters. The van der Waals surface area contributed by atoms with Gasteiger partial charge in [-0.3, -0.25) is 0 Å². The molecule has 1 fully saturated rings. The van der Waals surface area contributed by atoms with Gasteiger partial charge in [0.05, 0.1) is 0 Å². The molecule has 1 aliphatic heterocycles. The first-order chi connectivity index (χ1) is 5.33. The minimum atomic E-state index is -1.79. The molecule has 1 N–H and O–H groups in total. The van der Waals surface area contributed by atoms with Gasteiger partial charge in [-0.05, 0) is 0 Å². The summed E-state index contributed by atoms with van der Waals surface area (Å²) in [7, 11) is 0.